The van der Waals surface area contributed by atoms with Gasteiger partial charge in [-0.2, -0.15) is 0 Å². The van der Waals surface area contributed by atoms with Crippen LogP contribution in [0.4, 0.5) is 0 Å². The van der Waals surface area contributed by atoms with E-state index in [-0.39, 0.29) is 0 Å². The topological polar surface area (TPSA) is 13.0 Å². The van der Waals surface area contributed by atoms with Gasteiger partial charge in [-0.05, 0) is 38.9 Å². The first kappa shape index (κ1) is 14.8. The molecule has 0 radical (unpaired) electrons. The van der Waals surface area contributed by atoms with E-state index in [0.717, 1.165) is 12.0 Å². The fourth-order valence-corrected chi connectivity index (χ4v) is 4.01. The summed E-state index contributed by atoms with van der Waals surface area (Å²) in [4.78, 5) is 10.5. The predicted molar refractivity (Wildman–Crippen MR) is 84.1 cm³/mol. The molecule has 3 aliphatic rings. The summed E-state index contributed by atoms with van der Waals surface area (Å²) in [7, 11) is 2.25. The molecule has 0 aromatic rings. The lowest BCUT2D eigenvalue weighted by molar-refractivity contribution is 0.0482. The van der Waals surface area contributed by atoms with Gasteiger partial charge in [-0.15, -0.1) is 0 Å². The van der Waals surface area contributed by atoms with Crippen molar-refractivity contribution in [1.82, 2.24) is 19.6 Å². The average Bonchev–Trinajstić information content (AvgIpc) is 2.44. The van der Waals surface area contributed by atoms with Gasteiger partial charge in [0, 0.05) is 58.4 Å². The van der Waals surface area contributed by atoms with Crippen LogP contribution in [0.5, 0.6) is 0 Å². The van der Waals surface area contributed by atoms with E-state index in [2.05, 4.69) is 33.6 Å². The van der Waals surface area contributed by atoms with Crippen molar-refractivity contribution in [2.24, 2.45) is 5.92 Å². The van der Waals surface area contributed by atoms with Crippen molar-refractivity contribution in [2.75, 3.05) is 72.5 Å². The summed E-state index contributed by atoms with van der Waals surface area (Å²) in [5.74, 6) is 0.941. The summed E-state index contributed by atoms with van der Waals surface area (Å²) in [6.45, 7) is 15.3. The molecular formula is C16H32N4. The Hall–Kier alpha value is -0.160. The zero-order valence-electron chi connectivity index (χ0n) is 13.4. The third-order valence-electron chi connectivity index (χ3n) is 5.48. The predicted octanol–water partition coefficient (Wildman–Crippen LogP) is 0.650. The Kier molecular flexibility index (Phi) is 4.97. The first-order valence-electron chi connectivity index (χ1n) is 8.58. The molecular weight excluding hydrogens is 248 g/mol. The van der Waals surface area contributed by atoms with E-state index >= 15 is 0 Å². The van der Waals surface area contributed by atoms with Gasteiger partial charge in [-0.1, -0.05) is 6.92 Å². The second-order valence-electron chi connectivity index (χ2n) is 7.28. The van der Waals surface area contributed by atoms with E-state index < -0.39 is 0 Å². The van der Waals surface area contributed by atoms with Crippen molar-refractivity contribution >= 4 is 0 Å². The van der Waals surface area contributed by atoms with Crippen LogP contribution >= 0.6 is 0 Å². The molecule has 0 amide bonds. The standard InChI is InChI=1S/C16H32N4/c1-15-13-19(14-15)8-7-18-9-11-20(12-10-18)16-3-5-17(2)6-4-16/h15-16H,3-14H2,1-2H3. The second kappa shape index (κ2) is 6.73. The molecule has 0 aromatic carbocycles. The Labute approximate surface area is 124 Å². The number of hydrogen-bond donors (Lipinski definition) is 0. The number of piperazine rings is 1. The Morgan fingerprint density at radius 3 is 2.00 bits per heavy atom. The average molecular weight is 280 g/mol. The van der Waals surface area contributed by atoms with E-state index in [1.54, 1.807) is 0 Å². The molecule has 3 rings (SSSR count). The SMILES string of the molecule is CC1CN(CCN2CCN(C3CCN(C)CC3)CC2)C1. The fraction of sp³-hybridized carbons (Fsp3) is 1.00. The maximum absolute atomic E-state index is 2.76. The van der Waals surface area contributed by atoms with Crippen molar-refractivity contribution in [3.8, 4) is 0 Å². The highest BCUT2D eigenvalue weighted by Crippen LogP contribution is 2.18. The highest BCUT2D eigenvalue weighted by atomic mass is 15.3. The molecule has 4 nitrogen and oxygen atoms in total. The molecule has 3 fully saturated rings. The zero-order valence-corrected chi connectivity index (χ0v) is 13.4. The Morgan fingerprint density at radius 2 is 1.40 bits per heavy atom. The van der Waals surface area contributed by atoms with Crippen LogP contribution in [0, 0.1) is 5.92 Å². The van der Waals surface area contributed by atoms with Crippen LogP contribution in [0.1, 0.15) is 19.8 Å². The van der Waals surface area contributed by atoms with Crippen LogP contribution in [0.3, 0.4) is 0 Å². The molecule has 3 heterocycles. The summed E-state index contributed by atoms with van der Waals surface area (Å²) in [5, 5.41) is 0. The molecule has 0 bridgehead atoms. The maximum Gasteiger partial charge on any atom is 0.0121 e. The number of rotatable bonds is 4. The van der Waals surface area contributed by atoms with Gasteiger partial charge < -0.3 is 9.80 Å². The second-order valence-corrected chi connectivity index (χ2v) is 7.28. The van der Waals surface area contributed by atoms with Crippen LogP contribution in [-0.4, -0.2) is 98.1 Å². The minimum absolute atomic E-state index is 0.865. The molecule has 0 unspecified atom stereocenters. The van der Waals surface area contributed by atoms with Crippen molar-refractivity contribution in [3.63, 3.8) is 0 Å². The summed E-state index contributed by atoms with van der Waals surface area (Å²) in [5.41, 5.74) is 0. The van der Waals surface area contributed by atoms with Crippen molar-refractivity contribution < 1.29 is 0 Å². The van der Waals surface area contributed by atoms with Gasteiger partial charge in [0.15, 0.2) is 0 Å². The van der Waals surface area contributed by atoms with E-state index in [9.17, 15) is 0 Å². The van der Waals surface area contributed by atoms with Gasteiger partial charge >= 0.3 is 0 Å². The lowest BCUT2D eigenvalue weighted by Crippen LogP contribution is -2.54. The molecule has 0 aromatic heterocycles. The molecule has 0 atom stereocenters. The fourth-order valence-electron chi connectivity index (χ4n) is 4.01. The molecule has 0 N–H and O–H groups in total. The molecule has 0 spiro atoms. The van der Waals surface area contributed by atoms with Gasteiger partial charge in [0.05, 0.1) is 0 Å². The number of nitrogens with zero attached hydrogens (tertiary/aromatic N) is 4. The van der Waals surface area contributed by atoms with Crippen LogP contribution in [0.2, 0.25) is 0 Å². The van der Waals surface area contributed by atoms with Gasteiger partial charge in [0.25, 0.3) is 0 Å². The third-order valence-corrected chi connectivity index (χ3v) is 5.48. The lowest BCUT2D eigenvalue weighted by atomic mass is 10.0. The van der Waals surface area contributed by atoms with Gasteiger partial charge in [-0.3, -0.25) is 9.80 Å². The maximum atomic E-state index is 2.76. The van der Waals surface area contributed by atoms with Gasteiger partial charge in [0.2, 0.25) is 0 Å². The first-order valence-corrected chi connectivity index (χ1v) is 8.58. The molecule has 0 aliphatic carbocycles. The van der Waals surface area contributed by atoms with Crippen LogP contribution in [-0.2, 0) is 0 Å². The summed E-state index contributed by atoms with van der Waals surface area (Å²) in [6, 6.07) is 0.865. The van der Waals surface area contributed by atoms with Gasteiger partial charge in [-0.25, -0.2) is 0 Å². The quantitative estimate of drug-likeness (QED) is 0.749. The monoisotopic (exact) mass is 280 g/mol. The smallest absolute Gasteiger partial charge is 0.0121 e. The number of piperidine rings is 1. The van der Waals surface area contributed by atoms with Crippen molar-refractivity contribution in [3.05, 3.63) is 0 Å². The highest BCUT2D eigenvalue weighted by Gasteiger charge is 2.27. The molecule has 3 aliphatic heterocycles. The number of likely N-dealkylation sites (tertiary alicyclic amines) is 2. The minimum Gasteiger partial charge on any atom is -0.306 e. The van der Waals surface area contributed by atoms with E-state index in [0.29, 0.717) is 0 Å². The van der Waals surface area contributed by atoms with Gasteiger partial charge in [0.1, 0.15) is 0 Å². The Balaban J connectivity index is 1.32. The van der Waals surface area contributed by atoms with Crippen molar-refractivity contribution in [1.29, 1.82) is 0 Å². The van der Waals surface area contributed by atoms with E-state index in [4.69, 9.17) is 0 Å². The molecule has 0 saturated carbocycles. The van der Waals surface area contributed by atoms with Crippen LogP contribution in [0.15, 0.2) is 0 Å². The van der Waals surface area contributed by atoms with Crippen LogP contribution in [0.25, 0.3) is 0 Å². The third kappa shape index (κ3) is 3.73. The molecule has 20 heavy (non-hydrogen) atoms. The largest absolute Gasteiger partial charge is 0.306 e. The summed E-state index contributed by atoms with van der Waals surface area (Å²) >= 11 is 0. The van der Waals surface area contributed by atoms with E-state index in [1.807, 2.05) is 0 Å². The molecule has 4 heteroatoms. The Bertz CT molecular complexity index is 287. The molecule has 3 saturated heterocycles. The summed E-state index contributed by atoms with van der Waals surface area (Å²) < 4.78 is 0. The van der Waals surface area contributed by atoms with Crippen LogP contribution < -0.4 is 0 Å². The normalized spacial score (nSPS) is 29.7. The first-order chi connectivity index (χ1) is 9.70. The lowest BCUT2D eigenvalue weighted by Gasteiger charge is -2.43. The Morgan fingerprint density at radius 1 is 0.800 bits per heavy atom. The summed E-state index contributed by atoms with van der Waals surface area (Å²) in [6.07, 6.45) is 2.75. The van der Waals surface area contributed by atoms with E-state index in [1.165, 1.54) is 78.3 Å². The minimum atomic E-state index is 0.865. The highest BCUT2D eigenvalue weighted by molar-refractivity contribution is 4.83. The zero-order chi connectivity index (χ0) is 13.9. The molecule has 116 valence electrons. The van der Waals surface area contributed by atoms with Crippen molar-refractivity contribution in [2.45, 2.75) is 25.8 Å². The number of hydrogen-bond acceptors (Lipinski definition) is 4.